The first-order valence-corrected chi connectivity index (χ1v) is 8.06. The Hall–Kier alpha value is -3.31. The van der Waals surface area contributed by atoms with Gasteiger partial charge in [-0.1, -0.05) is 35.9 Å². The molecule has 3 aromatic carbocycles. The normalized spacial score (nSPS) is 12.5. The Bertz CT molecular complexity index is 1070. The van der Waals surface area contributed by atoms with Crippen LogP contribution in [0.5, 0.6) is 23.0 Å². The molecule has 1 aliphatic carbocycles. The van der Waals surface area contributed by atoms with E-state index in [2.05, 4.69) is 0 Å². The smallest absolute Gasteiger partial charge is 0.198 e. The zero-order chi connectivity index (χ0) is 18.4. The highest BCUT2D eigenvalue weighted by molar-refractivity contribution is 6.31. The molecular weight excluding hydrogens is 356 g/mol. The van der Waals surface area contributed by atoms with E-state index in [9.17, 15) is 19.8 Å². The van der Waals surface area contributed by atoms with Gasteiger partial charge in [0.25, 0.3) is 0 Å². The number of carbonyl (C=O) groups is 2. The first kappa shape index (κ1) is 16.2. The van der Waals surface area contributed by atoms with E-state index in [1.807, 2.05) is 0 Å². The molecule has 0 aromatic heterocycles. The molecule has 1 aliphatic rings. The molecule has 2 N–H and O–H groups in total. The lowest BCUT2D eigenvalue weighted by Crippen LogP contribution is -2.21. The Balaban J connectivity index is 1.87. The molecular formula is C20H11ClO5. The van der Waals surface area contributed by atoms with Crippen molar-refractivity contribution in [3.05, 3.63) is 81.9 Å². The zero-order valence-corrected chi connectivity index (χ0v) is 13.9. The summed E-state index contributed by atoms with van der Waals surface area (Å²) in [6, 6.07) is 13.7. The molecule has 4 rings (SSSR count). The average molecular weight is 367 g/mol. The summed E-state index contributed by atoms with van der Waals surface area (Å²) >= 11 is 5.82. The molecule has 0 saturated heterocycles. The van der Waals surface area contributed by atoms with Crippen LogP contribution in [0.2, 0.25) is 5.02 Å². The molecule has 26 heavy (non-hydrogen) atoms. The molecule has 0 radical (unpaired) electrons. The molecule has 6 heteroatoms. The Morgan fingerprint density at radius 3 is 2.00 bits per heavy atom. The molecule has 0 bridgehead atoms. The Labute approximate surface area is 153 Å². The lowest BCUT2D eigenvalue weighted by atomic mass is 9.83. The van der Waals surface area contributed by atoms with Crippen LogP contribution in [-0.2, 0) is 0 Å². The number of ketones is 2. The molecule has 0 fully saturated rings. The van der Waals surface area contributed by atoms with E-state index in [1.54, 1.807) is 36.4 Å². The fourth-order valence-corrected chi connectivity index (χ4v) is 3.07. The predicted molar refractivity (Wildman–Crippen MR) is 94.6 cm³/mol. The number of hydrogen-bond acceptors (Lipinski definition) is 5. The van der Waals surface area contributed by atoms with Crippen LogP contribution in [0.25, 0.3) is 0 Å². The van der Waals surface area contributed by atoms with Crippen molar-refractivity contribution in [3.8, 4) is 23.0 Å². The van der Waals surface area contributed by atoms with Crippen molar-refractivity contribution in [2.24, 2.45) is 0 Å². The summed E-state index contributed by atoms with van der Waals surface area (Å²) in [7, 11) is 0. The van der Waals surface area contributed by atoms with Gasteiger partial charge in [-0.25, -0.2) is 0 Å². The lowest BCUT2D eigenvalue weighted by Gasteiger charge is -2.20. The lowest BCUT2D eigenvalue weighted by molar-refractivity contribution is 0.0973. The van der Waals surface area contributed by atoms with Gasteiger partial charge in [0.1, 0.15) is 11.5 Å². The van der Waals surface area contributed by atoms with Gasteiger partial charge in [-0.2, -0.15) is 0 Å². The van der Waals surface area contributed by atoms with Crippen molar-refractivity contribution in [2.75, 3.05) is 0 Å². The first-order valence-electron chi connectivity index (χ1n) is 7.68. The van der Waals surface area contributed by atoms with Crippen LogP contribution in [-0.4, -0.2) is 21.8 Å². The molecule has 0 heterocycles. The minimum absolute atomic E-state index is 0.135. The van der Waals surface area contributed by atoms with E-state index >= 15 is 0 Å². The van der Waals surface area contributed by atoms with E-state index < -0.39 is 23.1 Å². The Morgan fingerprint density at radius 2 is 1.38 bits per heavy atom. The van der Waals surface area contributed by atoms with Gasteiger partial charge in [0.05, 0.1) is 11.1 Å². The van der Waals surface area contributed by atoms with Crippen LogP contribution >= 0.6 is 11.6 Å². The van der Waals surface area contributed by atoms with Crippen molar-refractivity contribution >= 4 is 23.2 Å². The molecule has 0 aliphatic heterocycles. The number of aromatic hydroxyl groups is 2. The SMILES string of the molecule is O=C1c2ccccc2C(=O)c2c(O)c(Oc3ccc(Cl)cc3)cc(O)c21. The molecule has 0 amide bonds. The van der Waals surface area contributed by atoms with E-state index in [1.165, 1.54) is 12.1 Å². The van der Waals surface area contributed by atoms with Crippen molar-refractivity contribution in [1.29, 1.82) is 0 Å². The number of ether oxygens (including phenoxy) is 1. The fourth-order valence-electron chi connectivity index (χ4n) is 2.94. The van der Waals surface area contributed by atoms with Crippen molar-refractivity contribution in [2.45, 2.75) is 0 Å². The van der Waals surface area contributed by atoms with Gasteiger partial charge in [0.15, 0.2) is 23.1 Å². The number of rotatable bonds is 2. The summed E-state index contributed by atoms with van der Waals surface area (Å²) in [5.74, 6) is -1.80. The third kappa shape index (κ3) is 2.41. The number of carbonyl (C=O) groups excluding carboxylic acids is 2. The predicted octanol–water partition coefficient (Wildman–Crippen LogP) is 4.32. The standard InChI is InChI=1S/C20H11ClO5/c21-10-5-7-11(8-6-10)26-15-9-14(22)16-17(20(15)25)19(24)13-4-2-1-3-12(13)18(16)23/h1-9,22,25H. The van der Waals surface area contributed by atoms with Gasteiger partial charge >= 0.3 is 0 Å². The second-order valence-electron chi connectivity index (χ2n) is 5.75. The summed E-state index contributed by atoms with van der Waals surface area (Å²) in [5, 5.41) is 21.4. The number of phenols is 2. The van der Waals surface area contributed by atoms with Crippen LogP contribution in [0.3, 0.4) is 0 Å². The van der Waals surface area contributed by atoms with Crippen molar-refractivity contribution in [3.63, 3.8) is 0 Å². The minimum Gasteiger partial charge on any atom is -0.507 e. The van der Waals surface area contributed by atoms with Gasteiger partial charge in [-0.05, 0) is 24.3 Å². The second kappa shape index (κ2) is 5.89. The number of halogens is 1. The molecule has 5 nitrogen and oxygen atoms in total. The quantitative estimate of drug-likeness (QED) is 0.516. The monoisotopic (exact) mass is 366 g/mol. The largest absolute Gasteiger partial charge is 0.507 e. The molecule has 0 unspecified atom stereocenters. The maximum atomic E-state index is 12.8. The maximum absolute atomic E-state index is 12.8. The molecule has 0 spiro atoms. The van der Waals surface area contributed by atoms with Crippen molar-refractivity contribution in [1.82, 2.24) is 0 Å². The third-order valence-corrected chi connectivity index (χ3v) is 4.41. The molecule has 3 aromatic rings. The summed E-state index contributed by atoms with van der Waals surface area (Å²) < 4.78 is 5.55. The van der Waals surface area contributed by atoms with Crippen LogP contribution in [0.1, 0.15) is 31.8 Å². The van der Waals surface area contributed by atoms with E-state index in [4.69, 9.17) is 16.3 Å². The second-order valence-corrected chi connectivity index (χ2v) is 6.19. The summed E-state index contributed by atoms with van der Waals surface area (Å²) in [6.45, 7) is 0. The van der Waals surface area contributed by atoms with E-state index in [0.29, 0.717) is 10.8 Å². The average Bonchev–Trinajstić information content (AvgIpc) is 2.64. The topological polar surface area (TPSA) is 83.8 Å². The number of fused-ring (bicyclic) bond motifs is 2. The van der Waals surface area contributed by atoms with E-state index in [0.717, 1.165) is 6.07 Å². The fraction of sp³-hybridized carbons (Fsp3) is 0. The van der Waals surface area contributed by atoms with Gasteiger partial charge < -0.3 is 14.9 Å². The summed E-state index contributed by atoms with van der Waals surface area (Å²) in [4.78, 5) is 25.4. The van der Waals surface area contributed by atoms with Gasteiger partial charge in [-0.15, -0.1) is 0 Å². The maximum Gasteiger partial charge on any atom is 0.198 e. The zero-order valence-electron chi connectivity index (χ0n) is 13.2. The first-order chi connectivity index (χ1) is 12.5. The van der Waals surface area contributed by atoms with Crippen LogP contribution in [0.4, 0.5) is 0 Å². The van der Waals surface area contributed by atoms with Gasteiger partial charge in [0.2, 0.25) is 0 Å². The highest BCUT2D eigenvalue weighted by atomic mass is 35.5. The number of hydrogen-bond donors (Lipinski definition) is 2. The summed E-state index contributed by atoms with van der Waals surface area (Å²) in [5.41, 5.74) is -0.137. The number of phenolic OH excluding ortho intramolecular Hbond substituents is 2. The molecule has 128 valence electrons. The third-order valence-electron chi connectivity index (χ3n) is 4.16. The number of benzene rings is 3. The molecule has 0 atom stereocenters. The van der Waals surface area contributed by atoms with Crippen LogP contribution in [0.15, 0.2) is 54.6 Å². The Morgan fingerprint density at radius 1 is 0.808 bits per heavy atom. The van der Waals surface area contributed by atoms with Gasteiger partial charge in [-0.3, -0.25) is 9.59 Å². The van der Waals surface area contributed by atoms with Gasteiger partial charge in [0, 0.05) is 22.2 Å². The summed E-state index contributed by atoms with van der Waals surface area (Å²) in [6.07, 6.45) is 0. The van der Waals surface area contributed by atoms with Crippen LogP contribution in [0, 0.1) is 0 Å². The van der Waals surface area contributed by atoms with Crippen molar-refractivity contribution < 1.29 is 24.5 Å². The minimum atomic E-state index is -0.551. The van der Waals surface area contributed by atoms with E-state index in [-0.39, 0.29) is 28.0 Å². The Kier molecular flexibility index (Phi) is 3.67. The van der Waals surface area contributed by atoms with Crippen LogP contribution < -0.4 is 4.74 Å². The highest BCUT2D eigenvalue weighted by Gasteiger charge is 2.36. The molecule has 0 saturated carbocycles. The highest BCUT2D eigenvalue weighted by Crippen LogP contribution is 2.44.